The molecule has 1 aromatic carbocycles. The highest BCUT2D eigenvalue weighted by molar-refractivity contribution is 8.24. The lowest BCUT2D eigenvalue weighted by molar-refractivity contribution is -0.0436. The molecule has 1 saturated heterocycles. The third-order valence-electron chi connectivity index (χ3n) is 7.10. The lowest BCUT2D eigenvalue weighted by atomic mass is 9.82. The van der Waals surface area contributed by atoms with Crippen LogP contribution in [-0.2, 0) is 9.84 Å². The van der Waals surface area contributed by atoms with Crippen molar-refractivity contribution in [1.82, 2.24) is 15.1 Å². The van der Waals surface area contributed by atoms with E-state index >= 15 is 0 Å². The number of rotatable bonds is 8. The van der Waals surface area contributed by atoms with E-state index in [9.17, 15) is 40.8 Å². The Balaban J connectivity index is 1.45. The molecule has 11 nitrogen and oxygen atoms in total. The number of sulfone groups is 1. The van der Waals surface area contributed by atoms with E-state index in [0.717, 1.165) is 37.1 Å². The van der Waals surface area contributed by atoms with Gasteiger partial charge >= 0.3 is 5.51 Å². The molecule has 1 amide bonds. The van der Waals surface area contributed by atoms with E-state index in [-0.39, 0.29) is 35.1 Å². The van der Waals surface area contributed by atoms with Gasteiger partial charge in [0.25, 0.3) is 15.7 Å². The molecular weight excluding hydrogens is 561 g/mol. The molecule has 4 rings (SSSR count). The molecule has 1 aromatic heterocycles. The first-order valence-electron chi connectivity index (χ1n) is 12.1. The van der Waals surface area contributed by atoms with Crippen LogP contribution >= 0.6 is 10.6 Å². The highest BCUT2D eigenvalue weighted by atomic mass is 32.3. The number of anilines is 2. The van der Waals surface area contributed by atoms with Crippen molar-refractivity contribution in [2.45, 2.75) is 48.2 Å². The van der Waals surface area contributed by atoms with Crippen molar-refractivity contribution in [3.8, 4) is 6.07 Å². The van der Waals surface area contributed by atoms with Gasteiger partial charge in [0.15, 0.2) is 5.82 Å². The second kappa shape index (κ2) is 11.0. The quantitative estimate of drug-likeness (QED) is 0.306. The van der Waals surface area contributed by atoms with Crippen LogP contribution in [0.25, 0.3) is 0 Å². The number of amides is 1. The third-order valence-corrected chi connectivity index (χ3v) is 10.5. The fourth-order valence-corrected chi connectivity index (χ4v) is 7.69. The Kier molecular flexibility index (Phi) is 8.20. The van der Waals surface area contributed by atoms with Crippen LogP contribution in [0, 0.1) is 23.2 Å². The van der Waals surface area contributed by atoms with Gasteiger partial charge in [-0.15, -0.1) is 0 Å². The number of hydrogen-bond acceptors (Lipinski definition) is 9. The highest BCUT2D eigenvalue weighted by Gasteiger charge is 2.46. The summed E-state index contributed by atoms with van der Waals surface area (Å²) in [6.45, 7) is 0.633. The van der Waals surface area contributed by atoms with Crippen LogP contribution in [0.15, 0.2) is 35.4 Å². The van der Waals surface area contributed by atoms with Crippen molar-refractivity contribution in [2.75, 3.05) is 23.4 Å². The van der Waals surface area contributed by atoms with Crippen molar-refractivity contribution in [3.63, 3.8) is 0 Å². The Bertz CT molecular complexity index is 1360. The molecule has 4 unspecified atom stereocenters. The maximum absolute atomic E-state index is 12.8. The zero-order chi connectivity index (χ0) is 28.6. The van der Waals surface area contributed by atoms with Gasteiger partial charge in [0.2, 0.25) is 0 Å². The second-order valence-corrected chi connectivity index (χ2v) is 14.2. The van der Waals surface area contributed by atoms with Gasteiger partial charge < -0.3 is 16.4 Å². The van der Waals surface area contributed by atoms with Gasteiger partial charge in [0.1, 0.15) is 5.56 Å². The van der Waals surface area contributed by atoms with Crippen molar-refractivity contribution < 1.29 is 35.5 Å². The summed E-state index contributed by atoms with van der Waals surface area (Å²) in [6.07, 6.45) is 3.97. The number of hydrogen-bond donors (Lipinski definition) is 5. The molecule has 16 heteroatoms. The number of primary amides is 1. The van der Waals surface area contributed by atoms with Gasteiger partial charge in [-0.1, -0.05) is 0 Å². The molecular formula is C23H29F3N6O5S2. The molecule has 0 spiro atoms. The summed E-state index contributed by atoms with van der Waals surface area (Å²) in [5, 5.41) is 20.5. The topological polar surface area (TPSA) is 183 Å². The molecule has 39 heavy (non-hydrogen) atoms. The predicted octanol–water partition coefficient (Wildman–Crippen LogP) is 3.61. The first kappa shape index (κ1) is 29.2. The Morgan fingerprint density at radius 2 is 1.92 bits per heavy atom. The van der Waals surface area contributed by atoms with Crippen molar-refractivity contribution in [1.29, 1.82) is 5.26 Å². The van der Waals surface area contributed by atoms with Crippen LogP contribution in [0.4, 0.5) is 24.7 Å². The molecule has 2 heterocycles. The molecule has 0 radical (unpaired) electrons. The summed E-state index contributed by atoms with van der Waals surface area (Å²) >= 11 is 0. The number of nitrogens with two attached hydrogens (primary N) is 1. The second-order valence-electron chi connectivity index (χ2n) is 9.88. The molecule has 2 fully saturated rings. The summed E-state index contributed by atoms with van der Waals surface area (Å²) < 4.78 is 82.7. The zero-order valence-corrected chi connectivity index (χ0v) is 22.3. The summed E-state index contributed by atoms with van der Waals surface area (Å²) in [4.78, 5) is 11.2. The van der Waals surface area contributed by atoms with Gasteiger partial charge in [0.05, 0.1) is 22.9 Å². The molecule has 2 aliphatic rings. The number of nitrogens with zero attached hydrogens (tertiary/aromatic N) is 3. The smallest absolute Gasteiger partial charge is 0.365 e. The molecule has 0 bridgehead atoms. The lowest BCUT2D eigenvalue weighted by Crippen LogP contribution is -2.40. The monoisotopic (exact) mass is 590 g/mol. The maximum atomic E-state index is 12.8. The standard InChI is InChI=1S/C23H29F3N6O5S2/c24-23(25,26)39(36,37)18-4-1-16(2-5-18)30-22-19(21(28)33)12-32(31-22)20-6-3-17(9-15(20)10-27)29-11-14-7-8-38(34,35)13-14/h1-2,4-5,12,14-15,17,20,29,34-35H,3,6-9,11,13H2,(H2,28,33)(H,30,31). The minimum Gasteiger partial charge on any atom is -0.365 e. The van der Waals surface area contributed by atoms with Crippen LogP contribution in [0.5, 0.6) is 0 Å². The highest BCUT2D eigenvalue weighted by Crippen LogP contribution is 2.48. The average molecular weight is 591 g/mol. The molecule has 1 saturated carbocycles. The minimum absolute atomic E-state index is 0.000786. The number of alkyl halides is 3. The van der Waals surface area contributed by atoms with Gasteiger partial charge in [-0.3, -0.25) is 18.6 Å². The number of nitriles is 1. The Hall–Kier alpha value is -2.84. The fraction of sp³-hybridized carbons (Fsp3) is 0.522. The summed E-state index contributed by atoms with van der Waals surface area (Å²) in [6, 6.07) is 5.81. The number of nitrogens with one attached hydrogen (secondary N) is 2. The first-order valence-corrected chi connectivity index (χ1v) is 15.5. The van der Waals surface area contributed by atoms with E-state index in [2.05, 4.69) is 21.8 Å². The SMILES string of the molecule is N#CC1CC(NCC2CCS(O)(O)C2)CCC1n1cc(C(N)=O)c(Nc2ccc(S(=O)(=O)C(F)(F)F)cc2)n1. The van der Waals surface area contributed by atoms with E-state index in [1.165, 1.54) is 10.9 Å². The Labute approximate surface area is 224 Å². The zero-order valence-electron chi connectivity index (χ0n) is 20.6. The summed E-state index contributed by atoms with van der Waals surface area (Å²) in [7, 11) is -7.98. The molecule has 1 aliphatic heterocycles. The number of carbonyl (C=O) groups excluding carboxylic acids is 1. The van der Waals surface area contributed by atoms with Crippen LogP contribution < -0.4 is 16.4 Å². The van der Waals surface area contributed by atoms with Gasteiger partial charge in [-0.05, 0) is 62.4 Å². The number of aromatic nitrogens is 2. The first-order chi connectivity index (χ1) is 18.2. The molecule has 1 aliphatic carbocycles. The van der Waals surface area contributed by atoms with Gasteiger partial charge in [0, 0.05) is 29.4 Å². The van der Waals surface area contributed by atoms with Crippen molar-refractivity contribution >= 4 is 37.8 Å². The molecule has 4 atom stereocenters. The molecule has 214 valence electrons. The largest absolute Gasteiger partial charge is 0.501 e. The van der Waals surface area contributed by atoms with Crippen molar-refractivity contribution in [2.24, 2.45) is 17.6 Å². The van der Waals surface area contributed by atoms with Crippen LogP contribution in [0.1, 0.15) is 42.1 Å². The minimum atomic E-state index is -5.50. The fourth-order valence-electron chi connectivity index (χ4n) is 5.01. The number of carbonyl (C=O) groups is 1. The molecule has 2 aromatic rings. The van der Waals surface area contributed by atoms with Crippen molar-refractivity contribution in [3.05, 3.63) is 36.0 Å². The van der Waals surface area contributed by atoms with Crippen LogP contribution in [-0.4, -0.2) is 62.8 Å². The number of halogens is 3. The number of benzene rings is 1. The van der Waals surface area contributed by atoms with E-state index < -0.39 is 42.7 Å². The van der Waals surface area contributed by atoms with E-state index in [1.807, 2.05) is 0 Å². The summed E-state index contributed by atoms with van der Waals surface area (Å²) in [5.74, 6) is -0.259. The lowest BCUT2D eigenvalue weighted by Gasteiger charge is -2.34. The van der Waals surface area contributed by atoms with Gasteiger partial charge in [-0.25, -0.2) is 8.42 Å². The van der Waals surface area contributed by atoms with Crippen LogP contribution in [0.3, 0.4) is 0 Å². The van der Waals surface area contributed by atoms with E-state index in [0.29, 0.717) is 30.9 Å². The third kappa shape index (κ3) is 6.49. The summed E-state index contributed by atoms with van der Waals surface area (Å²) in [5.41, 5.74) is 0.243. The van der Waals surface area contributed by atoms with Crippen LogP contribution in [0.2, 0.25) is 0 Å². The average Bonchev–Trinajstić information content (AvgIpc) is 3.44. The van der Waals surface area contributed by atoms with E-state index in [4.69, 9.17) is 5.73 Å². The molecule has 6 N–H and O–H groups in total. The van der Waals surface area contributed by atoms with E-state index in [1.54, 1.807) is 0 Å². The maximum Gasteiger partial charge on any atom is 0.501 e. The van der Waals surface area contributed by atoms with Gasteiger partial charge in [-0.2, -0.15) is 34.1 Å². The Morgan fingerprint density at radius 3 is 2.49 bits per heavy atom. The predicted molar refractivity (Wildman–Crippen MR) is 138 cm³/mol. The Morgan fingerprint density at radius 1 is 1.23 bits per heavy atom. The normalized spacial score (nSPS) is 26.1.